The van der Waals surface area contributed by atoms with E-state index in [-0.39, 0.29) is 12.5 Å². The second kappa shape index (κ2) is 11.1. The topological polar surface area (TPSA) is 144 Å². The smallest absolute Gasteiger partial charge is 0.449 e. The molecule has 0 fully saturated rings. The number of hydrogen-bond donors (Lipinski definition) is 3. The molecular weight excluding hydrogens is 518 g/mol. The first kappa shape index (κ1) is 26.1. The third-order valence-corrected chi connectivity index (χ3v) is 7.14. The zero-order valence-corrected chi connectivity index (χ0v) is 22.0. The normalized spacial score (nSPS) is 11.2. The number of nitrogens with two attached hydrogens (primary N) is 1. The van der Waals surface area contributed by atoms with Gasteiger partial charge in [0.05, 0.1) is 36.0 Å². The van der Waals surface area contributed by atoms with E-state index in [2.05, 4.69) is 8.75 Å². The summed E-state index contributed by atoms with van der Waals surface area (Å²) in [7, 11) is 0. The van der Waals surface area contributed by atoms with Crippen LogP contribution >= 0.6 is 11.7 Å². The van der Waals surface area contributed by atoms with Crippen LogP contribution in [0.3, 0.4) is 0 Å². The van der Waals surface area contributed by atoms with Crippen molar-refractivity contribution in [2.75, 3.05) is 11.4 Å². The number of carbonyl (C=O) groups excluding carboxylic acids is 1. The zero-order valence-electron chi connectivity index (χ0n) is 21.2. The van der Waals surface area contributed by atoms with Gasteiger partial charge in [0, 0.05) is 17.6 Å². The summed E-state index contributed by atoms with van der Waals surface area (Å²) in [5.41, 5.74) is 11.4. The average Bonchev–Trinajstić information content (AvgIpc) is 3.50. The molecule has 0 saturated carbocycles. The molecule has 0 bridgehead atoms. The highest BCUT2D eigenvalue weighted by Crippen LogP contribution is 2.42. The molecule has 10 nitrogen and oxygen atoms in total. The molecule has 2 heterocycles. The summed E-state index contributed by atoms with van der Waals surface area (Å²) in [6.45, 7) is 2.67. The van der Waals surface area contributed by atoms with E-state index in [4.69, 9.17) is 10.5 Å². The standard InChI is InChI=1S/C28H27N5O5S/c1-2-3-12-32(27(29)35)20-9-11-24-21(14-20)25(19-7-4-17(16-34)5-8-19)26(38-28(36)37)33(24)15-18-6-10-22-23(13-18)31-39-30-22/h4-11,13-14,34H,2-3,12,15-16H2,1H3,(H2,29,35)(H,36,37). The van der Waals surface area contributed by atoms with Gasteiger partial charge in [0.2, 0.25) is 5.88 Å². The second-order valence-electron chi connectivity index (χ2n) is 9.12. The molecule has 2 amide bonds. The number of nitrogens with zero attached hydrogens (tertiary/aromatic N) is 4. The summed E-state index contributed by atoms with van der Waals surface area (Å²) >= 11 is 1.13. The van der Waals surface area contributed by atoms with Crippen molar-refractivity contribution in [1.82, 2.24) is 13.3 Å². The number of carboxylic acid groups (broad SMARTS) is 1. The Labute approximate surface area is 228 Å². The first-order chi connectivity index (χ1) is 18.9. The van der Waals surface area contributed by atoms with Gasteiger partial charge in [0.1, 0.15) is 11.0 Å². The number of aliphatic hydroxyl groups excluding tert-OH is 1. The quantitative estimate of drug-likeness (QED) is 0.205. The maximum Gasteiger partial charge on any atom is 0.512 e. The number of aromatic nitrogens is 3. The van der Waals surface area contributed by atoms with Crippen molar-refractivity contribution in [2.45, 2.75) is 32.9 Å². The third kappa shape index (κ3) is 5.27. The molecular formula is C28H27N5O5S. The lowest BCUT2D eigenvalue weighted by Crippen LogP contribution is -2.36. The predicted octanol–water partition coefficient (Wildman–Crippen LogP) is 5.60. The fourth-order valence-corrected chi connectivity index (χ4v) is 5.20. The van der Waals surface area contributed by atoms with Gasteiger partial charge in [-0.05, 0) is 53.4 Å². The van der Waals surface area contributed by atoms with Gasteiger partial charge in [-0.1, -0.05) is 43.7 Å². The van der Waals surface area contributed by atoms with E-state index in [0.29, 0.717) is 46.4 Å². The van der Waals surface area contributed by atoms with Gasteiger partial charge < -0.3 is 25.3 Å². The van der Waals surface area contributed by atoms with E-state index >= 15 is 0 Å². The van der Waals surface area contributed by atoms with Crippen molar-refractivity contribution in [3.63, 3.8) is 0 Å². The number of hydrogen-bond acceptors (Lipinski definition) is 7. The lowest BCUT2D eigenvalue weighted by atomic mass is 10.0. The van der Waals surface area contributed by atoms with Gasteiger partial charge in [-0.3, -0.25) is 4.90 Å². The molecule has 5 aromatic rings. The fraction of sp³-hybridized carbons (Fsp3) is 0.214. The van der Waals surface area contributed by atoms with Gasteiger partial charge in [-0.2, -0.15) is 8.75 Å². The van der Waals surface area contributed by atoms with E-state index in [1.54, 1.807) is 22.8 Å². The summed E-state index contributed by atoms with van der Waals surface area (Å²) in [4.78, 5) is 25.7. The second-order valence-corrected chi connectivity index (χ2v) is 9.65. The van der Waals surface area contributed by atoms with Gasteiger partial charge >= 0.3 is 12.2 Å². The maximum atomic E-state index is 12.3. The van der Waals surface area contributed by atoms with Crippen LogP contribution in [0.2, 0.25) is 0 Å². The molecule has 3 aromatic carbocycles. The van der Waals surface area contributed by atoms with Crippen molar-refractivity contribution >= 4 is 51.5 Å². The van der Waals surface area contributed by atoms with Crippen molar-refractivity contribution in [3.8, 4) is 17.0 Å². The summed E-state index contributed by atoms with van der Waals surface area (Å²) in [5, 5.41) is 19.9. The van der Waals surface area contributed by atoms with Gasteiger partial charge in [0.15, 0.2) is 0 Å². The number of anilines is 1. The van der Waals surface area contributed by atoms with Crippen LogP contribution in [0.15, 0.2) is 60.7 Å². The van der Waals surface area contributed by atoms with Crippen molar-refractivity contribution in [3.05, 3.63) is 71.8 Å². The van der Waals surface area contributed by atoms with Gasteiger partial charge in [0.25, 0.3) is 0 Å². The molecule has 200 valence electrons. The van der Waals surface area contributed by atoms with E-state index in [9.17, 15) is 19.8 Å². The SMILES string of the molecule is CCCCN(C(N)=O)c1ccc2c(c1)c(-c1ccc(CO)cc1)c(OC(=O)O)n2Cc1ccc2nsnc2c1. The van der Waals surface area contributed by atoms with Crippen LogP contribution in [0.1, 0.15) is 30.9 Å². The predicted molar refractivity (Wildman–Crippen MR) is 150 cm³/mol. The highest BCUT2D eigenvalue weighted by atomic mass is 32.1. The number of amides is 2. The molecule has 11 heteroatoms. The molecule has 0 unspecified atom stereocenters. The van der Waals surface area contributed by atoms with E-state index in [1.807, 2.05) is 49.4 Å². The fourth-order valence-electron chi connectivity index (χ4n) is 4.68. The van der Waals surface area contributed by atoms with Crippen LogP contribution in [0.5, 0.6) is 5.88 Å². The molecule has 0 saturated heterocycles. The minimum absolute atomic E-state index is 0.121. The summed E-state index contributed by atoms with van der Waals surface area (Å²) in [5.74, 6) is 0.141. The lowest BCUT2D eigenvalue weighted by Gasteiger charge is -2.20. The maximum absolute atomic E-state index is 12.3. The molecule has 0 aliphatic heterocycles. The van der Waals surface area contributed by atoms with Crippen LogP contribution in [0.4, 0.5) is 15.3 Å². The number of ether oxygens (including phenoxy) is 1. The van der Waals surface area contributed by atoms with E-state index in [0.717, 1.165) is 41.2 Å². The molecule has 2 aromatic heterocycles. The number of aliphatic hydroxyl groups is 1. The molecule has 0 spiro atoms. The number of carbonyl (C=O) groups is 2. The van der Waals surface area contributed by atoms with E-state index < -0.39 is 12.2 Å². The Hall–Kier alpha value is -4.48. The Morgan fingerprint density at radius 3 is 2.46 bits per heavy atom. The van der Waals surface area contributed by atoms with Crippen LogP contribution in [-0.4, -0.2) is 42.3 Å². The number of unbranched alkanes of at least 4 members (excludes halogenated alkanes) is 1. The van der Waals surface area contributed by atoms with Gasteiger partial charge in [-0.15, -0.1) is 0 Å². The van der Waals surface area contributed by atoms with Crippen LogP contribution in [0.25, 0.3) is 33.1 Å². The lowest BCUT2D eigenvalue weighted by molar-refractivity contribution is 0.141. The number of urea groups is 1. The molecule has 0 aliphatic rings. The summed E-state index contributed by atoms with van der Waals surface area (Å²) in [6.07, 6.45) is 0.215. The first-order valence-electron chi connectivity index (χ1n) is 12.4. The van der Waals surface area contributed by atoms with Crippen molar-refractivity contribution < 1.29 is 24.5 Å². The molecule has 39 heavy (non-hydrogen) atoms. The highest BCUT2D eigenvalue weighted by molar-refractivity contribution is 7.00. The zero-order chi connectivity index (χ0) is 27.5. The summed E-state index contributed by atoms with van der Waals surface area (Å²) < 4.78 is 15.8. The Kier molecular flexibility index (Phi) is 7.44. The Balaban J connectivity index is 1.74. The molecule has 0 radical (unpaired) electrons. The minimum Gasteiger partial charge on any atom is -0.449 e. The van der Waals surface area contributed by atoms with Crippen LogP contribution in [-0.2, 0) is 13.2 Å². The molecule has 0 atom stereocenters. The summed E-state index contributed by atoms with van der Waals surface area (Å²) in [6, 6.07) is 17.8. The monoisotopic (exact) mass is 545 g/mol. The Morgan fingerprint density at radius 2 is 1.77 bits per heavy atom. The van der Waals surface area contributed by atoms with Crippen molar-refractivity contribution in [1.29, 1.82) is 0 Å². The first-order valence-corrected chi connectivity index (χ1v) is 13.2. The number of benzene rings is 3. The molecule has 4 N–H and O–H groups in total. The largest absolute Gasteiger partial charge is 0.512 e. The molecule has 5 rings (SSSR count). The number of rotatable bonds is 9. The Bertz CT molecular complexity index is 1660. The Morgan fingerprint density at radius 1 is 1.03 bits per heavy atom. The number of primary amides is 1. The van der Waals surface area contributed by atoms with E-state index in [1.165, 1.54) is 4.90 Å². The number of fused-ring (bicyclic) bond motifs is 2. The van der Waals surface area contributed by atoms with Crippen LogP contribution in [0, 0.1) is 0 Å². The molecule has 0 aliphatic carbocycles. The average molecular weight is 546 g/mol. The highest BCUT2D eigenvalue weighted by Gasteiger charge is 2.24. The van der Waals surface area contributed by atoms with Crippen LogP contribution < -0.4 is 15.4 Å². The third-order valence-electron chi connectivity index (χ3n) is 6.58. The minimum atomic E-state index is -1.45. The van der Waals surface area contributed by atoms with Gasteiger partial charge in [-0.25, -0.2) is 9.59 Å². The van der Waals surface area contributed by atoms with Crippen molar-refractivity contribution in [2.24, 2.45) is 5.73 Å².